The van der Waals surface area contributed by atoms with Crippen molar-refractivity contribution in [1.82, 2.24) is 5.32 Å². The number of carbonyl (C=O) groups is 3. The lowest BCUT2D eigenvalue weighted by molar-refractivity contribution is -0.308. The summed E-state index contributed by atoms with van der Waals surface area (Å²) in [6.45, 7) is 5.01. The Morgan fingerprint density at radius 3 is 2.18 bits per heavy atom. The van der Waals surface area contributed by atoms with E-state index in [1.165, 1.54) is 12.1 Å². The minimum atomic E-state index is -1.43. The van der Waals surface area contributed by atoms with E-state index in [0.717, 1.165) is 0 Å². The second-order valence-corrected chi connectivity index (χ2v) is 5.78. The molecule has 3 N–H and O–H groups in total. The van der Waals surface area contributed by atoms with Gasteiger partial charge in [0.2, 0.25) is 5.91 Å². The van der Waals surface area contributed by atoms with Gasteiger partial charge in [-0.2, -0.15) is 0 Å². The van der Waals surface area contributed by atoms with Crippen LogP contribution in [0.3, 0.4) is 0 Å². The van der Waals surface area contributed by atoms with Crippen LogP contribution < -0.4 is 16.2 Å². The molecule has 7 heteroatoms. The molecule has 0 fully saturated rings. The molecule has 0 aliphatic carbocycles. The Bertz CT molecular complexity index is 560. The first kappa shape index (κ1) is 17.5. The number of amides is 2. The van der Waals surface area contributed by atoms with E-state index in [2.05, 4.69) is 5.32 Å². The van der Waals surface area contributed by atoms with E-state index in [4.69, 9.17) is 10.5 Å². The standard InChI is InChI=1S/C15H20N2O5/c1-15(2,3)22-14(21)17-11(13(19)20)8-9-4-6-10(7-5-9)12(16)18/h4-7,11H,8H2,1-3H3,(H2,16,18)(H,17,21)(H,19,20)/p-1/t11-/m1/s1. The Balaban J connectivity index is 2.74. The van der Waals surface area contributed by atoms with Crippen molar-refractivity contribution in [2.45, 2.75) is 38.8 Å². The van der Waals surface area contributed by atoms with E-state index in [-0.39, 0.29) is 6.42 Å². The highest BCUT2D eigenvalue weighted by Crippen LogP contribution is 2.09. The topological polar surface area (TPSA) is 122 Å². The van der Waals surface area contributed by atoms with Crippen molar-refractivity contribution in [1.29, 1.82) is 0 Å². The molecule has 0 aromatic heterocycles. The quantitative estimate of drug-likeness (QED) is 0.791. The number of ether oxygens (including phenoxy) is 1. The van der Waals surface area contributed by atoms with Crippen molar-refractivity contribution >= 4 is 18.0 Å². The summed E-state index contributed by atoms with van der Waals surface area (Å²) in [4.78, 5) is 33.7. The molecule has 0 bridgehead atoms. The molecule has 7 nitrogen and oxygen atoms in total. The Morgan fingerprint density at radius 1 is 1.23 bits per heavy atom. The van der Waals surface area contributed by atoms with Crippen LogP contribution in [0.25, 0.3) is 0 Å². The zero-order valence-electron chi connectivity index (χ0n) is 12.7. The number of rotatable bonds is 5. The number of nitrogens with two attached hydrogens (primary N) is 1. The fourth-order valence-electron chi connectivity index (χ4n) is 1.68. The summed E-state index contributed by atoms with van der Waals surface area (Å²) in [5.41, 5.74) is 5.31. The number of carbonyl (C=O) groups excluding carboxylic acids is 3. The molecular weight excluding hydrogens is 288 g/mol. The van der Waals surface area contributed by atoms with Crippen molar-refractivity contribution in [3.63, 3.8) is 0 Å². The van der Waals surface area contributed by atoms with Gasteiger partial charge in [0.05, 0.1) is 12.0 Å². The van der Waals surface area contributed by atoms with Gasteiger partial charge in [-0.05, 0) is 44.9 Å². The fraction of sp³-hybridized carbons (Fsp3) is 0.400. The van der Waals surface area contributed by atoms with Gasteiger partial charge in [-0.25, -0.2) is 4.79 Å². The number of hydrogen-bond donors (Lipinski definition) is 2. The van der Waals surface area contributed by atoms with E-state index in [1.54, 1.807) is 32.9 Å². The summed E-state index contributed by atoms with van der Waals surface area (Å²) in [5.74, 6) is -2.00. The molecule has 0 radical (unpaired) electrons. The number of primary amides is 1. The SMILES string of the molecule is CC(C)(C)OC(=O)N[C@H](Cc1ccc(C(N)=O)cc1)C(=O)[O-]. The van der Waals surface area contributed by atoms with Crippen LogP contribution in [0.5, 0.6) is 0 Å². The third kappa shape index (κ3) is 5.82. The van der Waals surface area contributed by atoms with Crippen molar-refractivity contribution in [3.8, 4) is 0 Å². The molecule has 0 unspecified atom stereocenters. The molecule has 0 saturated carbocycles. The third-order valence-corrected chi connectivity index (χ3v) is 2.65. The molecule has 1 aromatic carbocycles. The lowest BCUT2D eigenvalue weighted by atomic mass is 10.0. The maximum atomic E-state index is 11.6. The summed E-state index contributed by atoms with van der Waals surface area (Å²) >= 11 is 0. The van der Waals surface area contributed by atoms with Gasteiger partial charge in [0, 0.05) is 5.56 Å². The van der Waals surface area contributed by atoms with Crippen molar-refractivity contribution in [2.24, 2.45) is 5.73 Å². The maximum Gasteiger partial charge on any atom is 0.408 e. The van der Waals surface area contributed by atoms with Crippen LogP contribution in [-0.4, -0.2) is 29.6 Å². The highest BCUT2D eigenvalue weighted by Gasteiger charge is 2.20. The smallest absolute Gasteiger partial charge is 0.408 e. The third-order valence-electron chi connectivity index (χ3n) is 2.65. The van der Waals surface area contributed by atoms with Crippen LogP contribution in [0.2, 0.25) is 0 Å². The first-order valence-corrected chi connectivity index (χ1v) is 6.67. The summed E-state index contributed by atoms with van der Waals surface area (Å²) in [6.07, 6.45) is -0.837. The molecule has 1 aromatic rings. The highest BCUT2D eigenvalue weighted by molar-refractivity contribution is 5.92. The molecule has 0 aliphatic rings. The second-order valence-electron chi connectivity index (χ2n) is 5.78. The molecule has 0 aliphatic heterocycles. The minimum absolute atomic E-state index is 0.000613. The number of aliphatic carboxylic acids is 1. The van der Waals surface area contributed by atoms with Gasteiger partial charge in [0.1, 0.15) is 5.60 Å². The molecule has 0 heterocycles. The summed E-state index contributed by atoms with van der Waals surface area (Å²) in [7, 11) is 0. The Hall–Kier alpha value is -2.57. The normalized spacial score (nSPS) is 12.3. The summed E-state index contributed by atoms with van der Waals surface area (Å²) < 4.78 is 5.00. The second kappa shape index (κ2) is 6.93. The largest absolute Gasteiger partial charge is 0.548 e. The molecule has 2 amide bonds. The zero-order valence-corrected chi connectivity index (χ0v) is 12.7. The van der Waals surface area contributed by atoms with Crippen molar-refractivity contribution in [2.75, 3.05) is 0 Å². The number of alkyl carbamates (subject to hydrolysis) is 1. The zero-order chi connectivity index (χ0) is 16.9. The number of hydrogen-bond acceptors (Lipinski definition) is 5. The van der Waals surface area contributed by atoms with Gasteiger partial charge in [-0.15, -0.1) is 0 Å². The van der Waals surface area contributed by atoms with E-state index in [0.29, 0.717) is 11.1 Å². The lowest BCUT2D eigenvalue weighted by Gasteiger charge is -2.24. The summed E-state index contributed by atoms with van der Waals surface area (Å²) in [6, 6.07) is 4.85. The highest BCUT2D eigenvalue weighted by atomic mass is 16.6. The molecular formula is C15H19N2O5-. The van der Waals surface area contributed by atoms with E-state index >= 15 is 0 Å². The number of benzene rings is 1. The molecule has 1 rings (SSSR count). The molecule has 22 heavy (non-hydrogen) atoms. The van der Waals surface area contributed by atoms with Crippen molar-refractivity contribution < 1.29 is 24.2 Å². The van der Waals surface area contributed by atoms with Gasteiger partial charge >= 0.3 is 6.09 Å². The van der Waals surface area contributed by atoms with Crippen LogP contribution in [0.4, 0.5) is 4.79 Å². The number of carboxylic acid groups (broad SMARTS) is 1. The Labute approximate surface area is 128 Å². The van der Waals surface area contributed by atoms with Crippen LogP contribution in [0.1, 0.15) is 36.7 Å². The fourth-order valence-corrected chi connectivity index (χ4v) is 1.68. The van der Waals surface area contributed by atoms with Gasteiger partial charge < -0.3 is 25.7 Å². The van der Waals surface area contributed by atoms with Gasteiger partial charge in [-0.1, -0.05) is 12.1 Å². The average molecular weight is 307 g/mol. The van der Waals surface area contributed by atoms with Gasteiger partial charge in [0.15, 0.2) is 0 Å². The lowest BCUT2D eigenvalue weighted by Crippen LogP contribution is -2.50. The van der Waals surface area contributed by atoms with E-state index in [9.17, 15) is 19.5 Å². The van der Waals surface area contributed by atoms with E-state index in [1.807, 2.05) is 0 Å². The average Bonchev–Trinajstić information content (AvgIpc) is 2.36. The number of carboxylic acids is 1. The molecule has 1 atom stereocenters. The first-order chi connectivity index (χ1) is 10.1. The molecule has 0 spiro atoms. The maximum absolute atomic E-state index is 11.6. The predicted octanol–water partition coefficient (Wildman–Crippen LogP) is -0.0288. The molecule has 120 valence electrons. The Kier molecular flexibility index (Phi) is 5.50. The first-order valence-electron chi connectivity index (χ1n) is 6.67. The van der Waals surface area contributed by atoms with Crippen LogP contribution in [-0.2, 0) is 16.0 Å². The molecule has 0 saturated heterocycles. The van der Waals surface area contributed by atoms with Crippen LogP contribution >= 0.6 is 0 Å². The van der Waals surface area contributed by atoms with Gasteiger partial charge in [0.25, 0.3) is 0 Å². The minimum Gasteiger partial charge on any atom is -0.548 e. The van der Waals surface area contributed by atoms with Crippen LogP contribution in [0.15, 0.2) is 24.3 Å². The monoisotopic (exact) mass is 307 g/mol. The van der Waals surface area contributed by atoms with Crippen molar-refractivity contribution in [3.05, 3.63) is 35.4 Å². The van der Waals surface area contributed by atoms with Gasteiger partial charge in [-0.3, -0.25) is 4.79 Å². The van der Waals surface area contributed by atoms with Crippen LogP contribution in [0, 0.1) is 0 Å². The summed E-state index contributed by atoms with van der Waals surface area (Å²) in [5, 5.41) is 13.4. The van der Waals surface area contributed by atoms with E-state index < -0.39 is 29.6 Å². The number of nitrogens with one attached hydrogen (secondary N) is 1. The predicted molar refractivity (Wildman–Crippen MR) is 76.8 cm³/mol. The Morgan fingerprint density at radius 2 is 1.77 bits per heavy atom.